The quantitative estimate of drug-likeness (QED) is 0.291. The number of amides is 1. The third-order valence-corrected chi connectivity index (χ3v) is 7.50. The number of benzene rings is 1. The molecule has 2 unspecified atom stereocenters. The molecule has 1 amide bonds. The van der Waals surface area contributed by atoms with Crippen LogP contribution in [0.1, 0.15) is 56.3 Å². The molecule has 1 aromatic carbocycles. The predicted molar refractivity (Wildman–Crippen MR) is 140 cm³/mol. The summed E-state index contributed by atoms with van der Waals surface area (Å²) in [4.78, 5) is 22.7. The summed E-state index contributed by atoms with van der Waals surface area (Å²) in [5, 5.41) is 8.95. The summed E-state index contributed by atoms with van der Waals surface area (Å²) in [7, 11) is 0. The minimum Gasteiger partial charge on any atom is -0.482 e. The number of hydrogen-bond donors (Lipinski definition) is 0. The van der Waals surface area contributed by atoms with Crippen molar-refractivity contribution in [2.24, 2.45) is 0 Å². The topological polar surface area (TPSA) is 91.0 Å². The second-order valence-electron chi connectivity index (χ2n) is 9.85. The van der Waals surface area contributed by atoms with E-state index in [1.807, 2.05) is 35.6 Å². The van der Waals surface area contributed by atoms with Crippen LogP contribution in [-0.2, 0) is 4.79 Å². The van der Waals surface area contributed by atoms with Crippen molar-refractivity contribution in [3.63, 3.8) is 0 Å². The molecule has 1 fully saturated rings. The van der Waals surface area contributed by atoms with Crippen LogP contribution in [0.4, 0.5) is 8.78 Å². The van der Waals surface area contributed by atoms with Crippen LogP contribution in [0.25, 0.3) is 22.3 Å². The molecule has 200 valence electrons. The van der Waals surface area contributed by atoms with Gasteiger partial charge in [-0.3, -0.25) is 14.3 Å². The number of aromatic nitrogens is 6. The Balaban J connectivity index is 1.36. The molecule has 2 aliphatic rings. The van der Waals surface area contributed by atoms with Crippen molar-refractivity contribution in [1.29, 1.82) is 0 Å². The lowest BCUT2D eigenvalue weighted by Gasteiger charge is -2.36. The number of rotatable bonds is 7. The molecule has 1 saturated heterocycles. The summed E-state index contributed by atoms with van der Waals surface area (Å²) in [6.45, 7) is 4.60. The largest absolute Gasteiger partial charge is 0.482 e. The van der Waals surface area contributed by atoms with Crippen molar-refractivity contribution in [2.75, 3.05) is 0 Å². The highest BCUT2D eigenvalue weighted by molar-refractivity contribution is 5.89. The van der Waals surface area contributed by atoms with Crippen molar-refractivity contribution in [1.82, 2.24) is 34.4 Å². The highest BCUT2D eigenvalue weighted by atomic mass is 19.3. The van der Waals surface area contributed by atoms with Crippen LogP contribution < -0.4 is 4.74 Å². The molecule has 39 heavy (non-hydrogen) atoms. The summed E-state index contributed by atoms with van der Waals surface area (Å²) in [6, 6.07) is 9.02. The lowest BCUT2D eigenvalue weighted by atomic mass is 9.97. The van der Waals surface area contributed by atoms with Gasteiger partial charge in [-0.1, -0.05) is 23.9 Å². The number of halogens is 2. The average Bonchev–Trinajstić information content (AvgIpc) is 3.62. The number of ether oxygens (including phenoxy) is 1. The highest BCUT2D eigenvalue weighted by Gasteiger charge is 2.39. The van der Waals surface area contributed by atoms with Gasteiger partial charge in [-0.25, -0.2) is 9.67 Å². The first-order valence-corrected chi connectivity index (χ1v) is 12.8. The van der Waals surface area contributed by atoms with Gasteiger partial charge < -0.3 is 9.64 Å². The monoisotopic (exact) mass is 531 g/mol. The SMILES string of the molecule is C=CC(=O)N1C2=CCC1CC(n1nnc(-c3cc(O[C@H](C)c4ccccn4)c4c(c3)ncn4C(F)F)c1C)C2. The maximum atomic E-state index is 13.8. The van der Waals surface area contributed by atoms with Crippen LogP contribution in [-0.4, -0.2) is 46.4 Å². The van der Waals surface area contributed by atoms with Gasteiger partial charge in [-0.2, -0.15) is 8.78 Å². The maximum Gasteiger partial charge on any atom is 0.320 e. The molecule has 0 aliphatic carbocycles. The Kier molecular flexibility index (Phi) is 6.20. The minimum atomic E-state index is -2.78. The molecule has 0 radical (unpaired) electrons. The number of imidazole rings is 1. The molecule has 11 heteroatoms. The molecule has 2 aliphatic heterocycles. The van der Waals surface area contributed by atoms with Gasteiger partial charge in [0.1, 0.15) is 29.4 Å². The van der Waals surface area contributed by atoms with E-state index < -0.39 is 12.7 Å². The van der Waals surface area contributed by atoms with Crippen LogP contribution in [0.2, 0.25) is 0 Å². The smallest absolute Gasteiger partial charge is 0.320 e. The van der Waals surface area contributed by atoms with E-state index in [0.29, 0.717) is 28.9 Å². The third-order valence-electron chi connectivity index (χ3n) is 7.50. The Morgan fingerprint density at radius 2 is 2.08 bits per heavy atom. The van der Waals surface area contributed by atoms with Crippen LogP contribution in [0.15, 0.2) is 67.3 Å². The zero-order valence-electron chi connectivity index (χ0n) is 21.5. The second kappa shape index (κ2) is 9.72. The molecule has 6 rings (SSSR count). The Morgan fingerprint density at radius 1 is 1.23 bits per heavy atom. The molecule has 3 atom stereocenters. The fraction of sp³-hybridized carbons (Fsp3) is 0.321. The van der Waals surface area contributed by atoms with Gasteiger partial charge in [0.25, 0.3) is 0 Å². The molecule has 2 bridgehead atoms. The van der Waals surface area contributed by atoms with E-state index in [9.17, 15) is 13.6 Å². The summed E-state index contributed by atoms with van der Waals surface area (Å²) < 4.78 is 36.6. The van der Waals surface area contributed by atoms with Crippen LogP contribution >= 0.6 is 0 Å². The number of alkyl halides is 2. The van der Waals surface area contributed by atoms with Gasteiger partial charge in [0, 0.05) is 29.9 Å². The van der Waals surface area contributed by atoms with Crippen molar-refractivity contribution in [3.05, 3.63) is 78.7 Å². The molecule has 4 aromatic rings. The van der Waals surface area contributed by atoms with Crippen molar-refractivity contribution < 1.29 is 18.3 Å². The van der Waals surface area contributed by atoms with Gasteiger partial charge in [-0.05, 0) is 57.0 Å². The number of nitrogens with zero attached hydrogens (tertiary/aromatic N) is 7. The van der Waals surface area contributed by atoms with Crippen LogP contribution in [0.3, 0.4) is 0 Å². The standard InChI is InChI=1S/C28H27F2N7O2/c1-4-25(38)36-19-8-9-20(36)14-21(13-19)37-16(2)26(33-34-37)18-11-23-27(35(15-32-23)28(29)30)24(12-18)39-17(3)22-7-5-6-10-31-22/h4-8,10-12,15,17,20-21,28H,1,9,13-14H2,2-3H3/t17-,20?,21?/m1/s1. The van der Waals surface area contributed by atoms with Gasteiger partial charge in [0.05, 0.1) is 22.9 Å². The number of piperidine rings is 1. The minimum absolute atomic E-state index is 0.0422. The summed E-state index contributed by atoms with van der Waals surface area (Å²) in [5.41, 5.74) is 4.33. The number of pyridine rings is 1. The van der Waals surface area contributed by atoms with Crippen LogP contribution in [0.5, 0.6) is 5.75 Å². The lowest BCUT2D eigenvalue weighted by Crippen LogP contribution is -2.41. The van der Waals surface area contributed by atoms with E-state index in [1.54, 1.807) is 24.4 Å². The molecule has 0 spiro atoms. The molecule has 0 N–H and O–H groups in total. The molecule has 9 nitrogen and oxygen atoms in total. The number of hydrogen-bond acceptors (Lipinski definition) is 6. The van der Waals surface area contributed by atoms with Crippen molar-refractivity contribution in [3.8, 4) is 17.0 Å². The maximum absolute atomic E-state index is 13.8. The Bertz CT molecular complexity index is 1590. The van der Waals surface area contributed by atoms with Crippen LogP contribution in [0, 0.1) is 6.92 Å². The molecule has 3 aromatic heterocycles. The lowest BCUT2D eigenvalue weighted by molar-refractivity contribution is -0.126. The summed E-state index contributed by atoms with van der Waals surface area (Å²) in [5.74, 6) is 0.175. The van der Waals surface area contributed by atoms with E-state index >= 15 is 0 Å². The first-order chi connectivity index (χ1) is 18.9. The first-order valence-electron chi connectivity index (χ1n) is 12.8. The number of carbonyl (C=O) groups excluding carboxylic acids is 1. The van der Waals surface area contributed by atoms with Gasteiger partial charge in [0.2, 0.25) is 5.91 Å². The fourth-order valence-corrected chi connectivity index (χ4v) is 5.67. The van der Waals surface area contributed by atoms with E-state index in [1.165, 1.54) is 6.08 Å². The van der Waals surface area contributed by atoms with Gasteiger partial charge in [-0.15, -0.1) is 5.10 Å². The molecular formula is C28H27F2N7O2. The third kappa shape index (κ3) is 4.27. The Labute approximate surface area is 223 Å². The van der Waals surface area contributed by atoms with E-state index in [-0.39, 0.29) is 29.3 Å². The van der Waals surface area contributed by atoms with Gasteiger partial charge in [0.15, 0.2) is 0 Å². The van der Waals surface area contributed by atoms with Gasteiger partial charge >= 0.3 is 6.55 Å². The van der Waals surface area contributed by atoms with E-state index in [4.69, 9.17) is 4.74 Å². The normalized spacial score (nSPS) is 19.4. The average molecular weight is 532 g/mol. The number of fused-ring (bicyclic) bond motifs is 3. The van der Waals surface area contributed by atoms with E-state index in [2.05, 4.69) is 32.9 Å². The zero-order chi connectivity index (χ0) is 27.3. The molecular weight excluding hydrogens is 504 g/mol. The Morgan fingerprint density at radius 3 is 2.79 bits per heavy atom. The van der Waals surface area contributed by atoms with E-state index in [0.717, 1.165) is 35.1 Å². The van der Waals surface area contributed by atoms with Crippen molar-refractivity contribution in [2.45, 2.75) is 57.8 Å². The predicted octanol–water partition coefficient (Wildman–Crippen LogP) is 5.54. The first kappa shape index (κ1) is 24.9. The summed E-state index contributed by atoms with van der Waals surface area (Å²) >= 11 is 0. The zero-order valence-corrected chi connectivity index (χ0v) is 21.5. The van der Waals surface area contributed by atoms with Crippen molar-refractivity contribution >= 4 is 16.9 Å². The highest BCUT2D eigenvalue weighted by Crippen LogP contribution is 2.42. The Hall–Kier alpha value is -4.41. The fourth-order valence-electron chi connectivity index (χ4n) is 5.67. The molecule has 5 heterocycles. The second-order valence-corrected chi connectivity index (χ2v) is 9.85. The summed E-state index contributed by atoms with van der Waals surface area (Å²) in [6.07, 6.45) is 7.96. The number of carbonyl (C=O) groups is 1. The number of allylic oxidation sites excluding steroid dienone is 1. The molecule has 0 saturated carbocycles.